The van der Waals surface area contributed by atoms with E-state index in [1.165, 1.54) is 6.07 Å². The second-order valence-corrected chi connectivity index (χ2v) is 9.01. The summed E-state index contributed by atoms with van der Waals surface area (Å²) < 4.78 is 5.30. The standard InChI is InChI=1S/C23H21Cl2N3O3/c1-31-16-3-5-21-17(7-16)18(8-22(29)26-21)23(30)28-11-13-9-27(10-14(13)12-28)15-2-4-19(24)20(25)6-15/h2-8,13-14H,9-12H2,1H3,(H,26,29). The molecule has 1 aromatic heterocycles. The van der Waals surface area contributed by atoms with E-state index in [-0.39, 0.29) is 11.5 Å². The average Bonchev–Trinajstić information content (AvgIpc) is 3.33. The zero-order valence-electron chi connectivity index (χ0n) is 16.9. The molecular formula is C23H21Cl2N3O3. The number of pyridine rings is 1. The van der Waals surface area contributed by atoms with Crippen molar-refractivity contribution in [3.05, 3.63) is 68.4 Å². The molecule has 31 heavy (non-hydrogen) atoms. The molecule has 2 saturated heterocycles. The predicted octanol–water partition coefficient (Wildman–Crippen LogP) is 4.05. The summed E-state index contributed by atoms with van der Waals surface area (Å²) in [5.74, 6) is 1.28. The molecule has 3 heterocycles. The lowest BCUT2D eigenvalue weighted by molar-refractivity contribution is 0.0784. The molecule has 3 aromatic rings. The molecule has 0 saturated carbocycles. The summed E-state index contributed by atoms with van der Waals surface area (Å²) in [4.78, 5) is 32.5. The van der Waals surface area contributed by atoms with Gasteiger partial charge < -0.3 is 19.5 Å². The van der Waals surface area contributed by atoms with Crippen LogP contribution in [-0.4, -0.2) is 49.1 Å². The monoisotopic (exact) mass is 457 g/mol. The van der Waals surface area contributed by atoms with E-state index in [9.17, 15) is 9.59 Å². The molecule has 2 atom stereocenters. The number of aromatic nitrogens is 1. The molecule has 8 heteroatoms. The minimum absolute atomic E-state index is 0.111. The smallest absolute Gasteiger partial charge is 0.254 e. The molecule has 1 N–H and O–H groups in total. The van der Waals surface area contributed by atoms with E-state index in [0.717, 1.165) is 18.8 Å². The van der Waals surface area contributed by atoms with Gasteiger partial charge in [0, 0.05) is 60.7 Å². The first-order valence-corrected chi connectivity index (χ1v) is 10.9. The molecule has 2 aliphatic heterocycles. The fourth-order valence-electron chi connectivity index (χ4n) is 4.76. The van der Waals surface area contributed by atoms with Gasteiger partial charge in [-0.1, -0.05) is 23.2 Å². The van der Waals surface area contributed by atoms with Gasteiger partial charge >= 0.3 is 0 Å². The van der Waals surface area contributed by atoms with Crippen LogP contribution in [0.1, 0.15) is 10.4 Å². The van der Waals surface area contributed by atoms with Gasteiger partial charge in [0.2, 0.25) is 5.56 Å². The number of methoxy groups -OCH3 is 1. The Balaban J connectivity index is 1.37. The van der Waals surface area contributed by atoms with Crippen LogP contribution in [0.4, 0.5) is 5.69 Å². The topological polar surface area (TPSA) is 65.6 Å². The number of fused-ring (bicyclic) bond motifs is 2. The Kier molecular flexibility index (Phi) is 5.07. The first-order valence-electron chi connectivity index (χ1n) is 10.1. The van der Waals surface area contributed by atoms with Crippen molar-refractivity contribution < 1.29 is 9.53 Å². The molecule has 1 amide bonds. The summed E-state index contributed by atoms with van der Waals surface area (Å²) in [6, 6.07) is 12.4. The van der Waals surface area contributed by atoms with Crippen molar-refractivity contribution in [2.75, 3.05) is 38.2 Å². The van der Waals surface area contributed by atoms with Crippen molar-refractivity contribution in [2.24, 2.45) is 11.8 Å². The van der Waals surface area contributed by atoms with Crippen molar-refractivity contribution in [1.29, 1.82) is 0 Å². The highest BCUT2D eigenvalue weighted by Crippen LogP contribution is 2.37. The zero-order chi connectivity index (χ0) is 21.7. The van der Waals surface area contributed by atoms with Crippen LogP contribution in [0.2, 0.25) is 10.0 Å². The van der Waals surface area contributed by atoms with Crippen molar-refractivity contribution in [2.45, 2.75) is 0 Å². The number of nitrogens with zero attached hydrogens (tertiary/aromatic N) is 2. The van der Waals surface area contributed by atoms with Gasteiger partial charge in [-0.05, 0) is 36.4 Å². The summed E-state index contributed by atoms with van der Waals surface area (Å²) in [6.45, 7) is 3.05. The highest BCUT2D eigenvalue weighted by atomic mass is 35.5. The van der Waals surface area contributed by atoms with Gasteiger partial charge in [0.25, 0.3) is 5.91 Å². The average molecular weight is 458 g/mol. The quantitative estimate of drug-likeness (QED) is 0.643. The van der Waals surface area contributed by atoms with Gasteiger partial charge in [-0.25, -0.2) is 0 Å². The number of rotatable bonds is 3. The molecule has 2 aromatic carbocycles. The van der Waals surface area contributed by atoms with E-state index in [0.29, 0.717) is 57.2 Å². The van der Waals surface area contributed by atoms with Gasteiger partial charge in [0.05, 0.1) is 22.7 Å². The molecule has 0 aliphatic carbocycles. The summed E-state index contributed by atoms with van der Waals surface area (Å²) in [5.41, 5.74) is 1.81. The largest absolute Gasteiger partial charge is 0.497 e. The first-order chi connectivity index (χ1) is 14.9. The molecular weight excluding hydrogens is 437 g/mol. The summed E-state index contributed by atoms with van der Waals surface area (Å²) >= 11 is 12.2. The third-order valence-electron chi connectivity index (χ3n) is 6.32. The summed E-state index contributed by atoms with van der Waals surface area (Å²) in [7, 11) is 1.58. The normalized spacial score (nSPS) is 20.4. The van der Waals surface area contributed by atoms with E-state index in [1.54, 1.807) is 25.3 Å². The Morgan fingerprint density at radius 2 is 1.74 bits per heavy atom. The second kappa shape index (κ2) is 7.77. The number of benzene rings is 2. The number of nitrogens with one attached hydrogen (secondary N) is 1. The number of carbonyl (C=O) groups excluding carboxylic acids is 1. The number of aromatic amines is 1. The zero-order valence-corrected chi connectivity index (χ0v) is 18.4. The number of amides is 1. The number of hydrogen-bond acceptors (Lipinski definition) is 4. The van der Waals surface area contributed by atoms with E-state index in [4.69, 9.17) is 27.9 Å². The van der Waals surface area contributed by atoms with E-state index in [1.807, 2.05) is 23.1 Å². The highest BCUT2D eigenvalue weighted by Gasteiger charge is 2.42. The van der Waals surface area contributed by atoms with Crippen LogP contribution in [0.3, 0.4) is 0 Å². The molecule has 5 rings (SSSR count). The lowest BCUT2D eigenvalue weighted by atomic mass is 10.0. The molecule has 2 fully saturated rings. The fraction of sp³-hybridized carbons (Fsp3) is 0.304. The maximum Gasteiger partial charge on any atom is 0.254 e. The number of likely N-dealkylation sites (tertiary alicyclic amines) is 1. The van der Waals surface area contributed by atoms with Crippen LogP contribution in [0.15, 0.2) is 47.3 Å². The predicted molar refractivity (Wildman–Crippen MR) is 123 cm³/mol. The molecule has 0 bridgehead atoms. The van der Waals surface area contributed by atoms with Gasteiger partial charge in [-0.3, -0.25) is 9.59 Å². The van der Waals surface area contributed by atoms with Crippen molar-refractivity contribution >= 4 is 45.7 Å². The van der Waals surface area contributed by atoms with Gasteiger partial charge in [0.15, 0.2) is 0 Å². The Labute approximate surface area is 189 Å². The Bertz CT molecular complexity index is 1230. The summed E-state index contributed by atoms with van der Waals surface area (Å²) in [5, 5.41) is 1.78. The van der Waals surface area contributed by atoms with Crippen LogP contribution in [0, 0.1) is 11.8 Å². The van der Waals surface area contributed by atoms with E-state index < -0.39 is 0 Å². The minimum atomic E-state index is -0.286. The lowest BCUT2D eigenvalue weighted by Gasteiger charge is -2.24. The van der Waals surface area contributed by atoms with Crippen LogP contribution < -0.4 is 15.2 Å². The summed E-state index contributed by atoms with van der Waals surface area (Å²) in [6.07, 6.45) is 0. The number of anilines is 1. The Morgan fingerprint density at radius 1 is 1.00 bits per heavy atom. The second-order valence-electron chi connectivity index (χ2n) is 8.19. The maximum atomic E-state index is 13.4. The van der Waals surface area contributed by atoms with Gasteiger partial charge in [-0.2, -0.15) is 0 Å². The molecule has 2 unspecified atom stereocenters. The Hall–Kier alpha value is -2.70. The van der Waals surface area contributed by atoms with Gasteiger partial charge in [-0.15, -0.1) is 0 Å². The van der Waals surface area contributed by atoms with Crippen LogP contribution in [-0.2, 0) is 0 Å². The molecule has 6 nitrogen and oxygen atoms in total. The fourth-order valence-corrected chi connectivity index (χ4v) is 5.05. The van der Waals surface area contributed by atoms with E-state index >= 15 is 0 Å². The molecule has 160 valence electrons. The van der Waals surface area contributed by atoms with Crippen molar-refractivity contribution in [3.8, 4) is 5.75 Å². The Morgan fingerprint density at radius 3 is 2.42 bits per heavy atom. The lowest BCUT2D eigenvalue weighted by Crippen LogP contribution is -2.34. The molecule has 0 radical (unpaired) electrons. The highest BCUT2D eigenvalue weighted by molar-refractivity contribution is 6.42. The van der Waals surface area contributed by atoms with Gasteiger partial charge in [0.1, 0.15) is 5.75 Å². The number of carbonyl (C=O) groups is 1. The first kappa shape index (κ1) is 20.2. The maximum absolute atomic E-state index is 13.4. The molecule has 0 spiro atoms. The van der Waals surface area contributed by atoms with Crippen molar-refractivity contribution in [1.82, 2.24) is 9.88 Å². The minimum Gasteiger partial charge on any atom is -0.497 e. The number of H-pyrrole nitrogens is 1. The molecule has 2 aliphatic rings. The third-order valence-corrected chi connectivity index (χ3v) is 7.06. The van der Waals surface area contributed by atoms with Crippen LogP contribution >= 0.6 is 23.2 Å². The van der Waals surface area contributed by atoms with E-state index in [2.05, 4.69) is 9.88 Å². The van der Waals surface area contributed by atoms with Crippen LogP contribution in [0.5, 0.6) is 5.75 Å². The SMILES string of the molecule is COc1ccc2[nH]c(=O)cc(C(=O)N3CC4CN(c5ccc(Cl)c(Cl)c5)CC4C3)c2c1. The third kappa shape index (κ3) is 3.64. The number of ether oxygens (including phenoxy) is 1. The van der Waals surface area contributed by atoms with Crippen LogP contribution in [0.25, 0.3) is 10.9 Å². The van der Waals surface area contributed by atoms with Crippen molar-refractivity contribution in [3.63, 3.8) is 0 Å². The number of hydrogen-bond donors (Lipinski definition) is 1. The number of halogens is 2.